The van der Waals surface area contributed by atoms with E-state index in [2.05, 4.69) is 21.3 Å². The molecule has 0 aromatic heterocycles. The van der Waals surface area contributed by atoms with Gasteiger partial charge in [-0.1, -0.05) is 54.1 Å². The van der Waals surface area contributed by atoms with Crippen LogP contribution in [0.5, 0.6) is 0 Å². The summed E-state index contributed by atoms with van der Waals surface area (Å²) in [6.07, 6.45) is 3.82. The number of sulfonamides is 1. The summed E-state index contributed by atoms with van der Waals surface area (Å²) in [5.41, 5.74) is 6.14. The maximum atomic E-state index is 12.8. The normalized spacial score (nSPS) is 15.0. The van der Waals surface area contributed by atoms with Crippen LogP contribution in [0.1, 0.15) is 40.7 Å². The first-order chi connectivity index (χ1) is 15.4. The van der Waals surface area contributed by atoms with Gasteiger partial charge >= 0.3 is 0 Å². The van der Waals surface area contributed by atoms with Crippen molar-refractivity contribution in [3.05, 3.63) is 94.5 Å². The van der Waals surface area contributed by atoms with Crippen LogP contribution < -0.4 is 10.1 Å². The Hall–Kier alpha value is -3.16. The van der Waals surface area contributed by atoms with Crippen LogP contribution in [0.15, 0.2) is 82.8 Å². The number of anilines is 1. The molecule has 0 spiro atoms. The van der Waals surface area contributed by atoms with Crippen LogP contribution in [0.3, 0.4) is 0 Å². The highest BCUT2D eigenvalue weighted by molar-refractivity contribution is 7.92. The zero-order valence-corrected chi connectivity index (χ0v) is 18.8. The van der Waals surface area contributed by atoms with E-state index in [0.717, 1.165) is 37.0 Å². The summed E-state index contributed by atoms with van der Waals surface area (Å²) >= 11 is 6.06. The van der Waals surface area contributed by atoms with E-state index in [1.165, 1.54) is 23.8 Å². The second-order valence-corrected chi connectivity index (χ2v) is 9.57. The summed E-state index contributed by atoms with van der Waals surface area (Å²) in [5, 5.41) is 4.65. The number of nitrogens with zero attached hydrogens (tertiary/aromatic N) is 1. The summed E-state index contributed by atoms with van der Waals surface area (Å²) in [6.45, 7) is 0. The van der Waals surface area contributed by atoms with Crippen molar-refractivity contribution < 1.29 is 13.2 Å². The molecule has 0 fully saturated rings. The van der Waals surface area contributed by atoms with Crippen LogP contribution >= 0.6 is 11.6 Å². The van der Waals surface area contributed by atoms with Gasteiger partial charge in [0.2, 0.25) is 0 Å². The summed E-state index contributed by atoms with van der Waals surface area (Å²) in [7, 11) is -3.92. The van der Waals surface area contributed by atoms with Gasteiger partial charge in [-0.15, -0.1) is 0 Å². The Bertz CT molecular complexity index is 1290. The number of amides is 1. The van der Waals surface area contributed by atoms with Crippen LogP contribution in [0.25, 0.3) is 0 Å². The number of halogens is 1. The van der Waals surface area contributed by atoms with Crippen LogP contribution in [-0.2, 0) is 16.4 Å². The average Bonchev–Trinajstić information content (AvgIpc) is 3.01. The van der Waals surface area contributed by atoms with Crippen LogP contribution in [-0.4, -0.2) is 20.0 Å². The van der Waals surface area contributed by atoms with E-state index in [0.29, 0.717) is 0 Å². The maximum absolute atomic E-state index is 12.8. The predicted octanol–water partition coefficient (Wildman–Crippen LogP) is 5.00. The van der Waals surface area contributed by atoms with Crippen LogP contribution in [0, 0.1) is 0 Å². The number of para-hydroxylation sites is 1. The molecule has 0 bridgehead atoms. The van der Waals surface area contributed by atoms with Gasteiger partial charge in [0.15, 0.2) is 0 Å². The van der Waals surface area contributed by atoms with Gasteiger partial charge in [-0.2, -0.15) is 5.10 Å². The summed E-state index contributed by atoms with van der Waals surface area (Å²) in [6, 6.07) is 20.4. The van der Waals surface area contributed by atoms with Gasteiger partial charge < -0.3 is 0 Å². The molecule has 32 heavy (non-hydrogen) atoms. The highest BCUT2D eigenvalue weighted by atomic mass is 35.5. The molecule has 0 atom stereocenters. The first kappa shape index (κ1) is 22.0. The lowest BCUT2D eigenvalue weighted by Crippen LogP contribution is -2.21. The Morgan fingerprint density at radius 3 is 2.50 bits per heavy atom. The molecule has 1 amide bonds. The Morgan fingerprint density at radius 1 is 0.906 bits per heavy atom. The molecule has 2 N–H and O–H groups in total. The van der Waals surface area contributed by atoms with E-state index in [1.54, 1.807) is 30.3 Å². The number of carbonyl (C=O) groups excluding carboxylic acids is 1. The zero-order chi connectivity index (χ0) is 22.6. The lowest BCUT2D eigenvalue weighted by molar-refractivity contribution is 0.0954. The van der Waals surface area contributed by atoms with Crippen molar-refractivity contribution in [2.24, 2.45) is 5.10 Å². The van der Waals surface area contributed by atoms with Crippen molar-refractivity contribution in [2.75, 3.05) is 4.72 Å². The minimum Gasteiger partial charge on any atom is -0.278 e. The number of hydrazone groups is 1. The summed E-state index contributed by atoms with van der Waals surface area (Å²) < 4.78 is 28.0. The van der Waals surface area contributed by atoms with E-state index in [9.17, 15) is 13.2 Å². The smallest absolute Gasteiger partial charge is 0.271 e. The molecule has 0 radical (unpaired) electrons. The first-order valence-corrected chi connectivity index (χ1v) is 12.1. The lowest BCUT2D eigenvalue weighted by atomic mass is 10.0. The van der Waals surface area contributed by atoms with E-state index in [1.807, 2.05) is 18.2 Å². The molecular weight excluding hydrogens is 446 g/mol. The van der Waals surface area contributed by atoms with Gasteiger partial charge in [-0.3, -0.25) is 9.52 Å². The molecule has 1 aliphatic rings. The number of hydrogen-bond acceptors (Lipinski definition) is 4. The second-order valence-electron chi connectivity index (χ2n) is 7.48. The van der Waals surface area contributed by atoms with Crippen molar-refractivity contribution >= 4 is 38.9 Å². The van der Waals surface area contributed by atoms with E-state index in [4.69, 9.17) is 11.6 Å². The quantitative estimate of drug-likeness (QED) is 0.408. The molecule has 164 valence electrons. The summed E-state index contributed by atoms with van der Waals surface area (Å²) in [4.78, 5) is 12.7. The van der Waals surface area contributed by atoms with Crippen molar-refractivity contribution in [3.63, 3.8) is 0 Å². The topological polar surface area (TPSA) is 87.6 Å². The third-order valence-electron chi connectivity index (χ3n) is 5.26. The Kier molecular flexibility index (Phi) is 6.58. The molecular formula is C24H22ClN3O3S. The fourth-order valence-corrected chi connectivity index (χ4v) is 4.98. The minimum atomic E-state index is -3.92. The molecule has 0 aliphatic heterocycles. The van der Waals surface area contributed by atoms with Gasteiger partial charge in [0, 0.05) is 11.1 Å². The number of benzene rings is 3. The minimum absolute atomic E-state index is 0.0439. The third kappa shape index (κ3) is 5.00. The zero-order valence-electron chi connectivity index (χ0n) is 17.2. The molecule has 4 rings (SSSR count). The largest absolute Gasteiger partial charge is 0.278 e. The fraction of sp³-hybridized carbons (Fsp3) is 0.167. The van der Waals surface area contributed by atoms with Crippen molar-refractivity contribution in [1.82, 2.24) is 5.43 Å². The first-order valence-electron chi connectivity index (χ1n) is 10.3. The van der Waals surface area contributed by atoms with Gasteiger partial charge in [-0.25, -0.2) is 13.8 Å². The number of nitrogens with one attached hydrogen (secondary N) is 2. The molecule has 0 heterocycles. The Labute approximate surface area is 192 Å². The van der Waals surface area contributed by atoms with Crippen molar-refractivity contribution in [3.8, 4) is 0 Å². The van der Waals surface area contributed by atoms with Crippen LogP contribution in [0.2, 0.25) is 5.02 Å². The van der Waals surface area contributed by atoms with Gasteiger partial charge in [0.1, 0.15) is 0 Å². The van der Waals surface area contributed by atoms with E-state index in [-0.39, 0.29) is 21.2 Å². The molecule has 0 saturated heterocycles. The van der Waals surface area contributed by atoms with E-state index >= 15 is 0 Å². The number of fused-ring (bicyclic) bond motifs is 1. The van der Waals surface area contributed by atoms with Crippen LogP contribution in [0.4, 0.5) is 5.69 Å². The molecule has 3 aromatic rings. The highest BCUT2D eigenvalue weighted by Crippen LogP contribution is 2.24. The van der Waals surface area contributed by atoms with Gasteiger partial charge in [0.05, 0.1) is 21.3 Å². The van der Waals surface area contributed by atoms with Gasteiger partial charge in [-0.05, 0) is 61.6 Å². The predicted molar refractivity (Wildman–Crippen MR) is 127 cm³/mol. The monoisotopic (exact) mass is 467 g/mol. The Balaban J connectivity index is 1.54. The molecule has 1 aliphatic carbocycles. The second kappa shape index (κ2) is 9.54. The number of rotatable bonds is 5. The molecule has 0 unspecified atom stereocenters. The van der Waals surface area contributed by atoms with Gasteiger partial charge in [0.25, 0.3) is 15.9 Å². The third-order valence-corrected chi connectivity index (χ3v) is 6.95. The van der Waals surface area contributed by atoms with Crippen molar-refractivity contribution in [1.29, 1.82) is 0 Å². The van der Waals surface area contributed by atoms with E-state index < -0.39 is 15.9 Å². The molecule has 8 heteroatoms. The number of aryl methyl sites for hydroxylation is 1. The average molecular weight is 468 g/mol. The Morgan fingerprint density at radius 2 is 1.66 bits per heavy atom. The maximum Gasteiger partial charge on any atom is 0.271 e. The SMILES string of the molecule is O=C(N/N=C1/CCCCc2ccccc21)c1cccc(S(=O)(=O)Nc2ccccc2Cl)c1. The van der Waals surface area contributed by atoms with Crippen molar-refractivity contribution in [2.45, 2.75) is 30.6 Å². The molecule has 0 saturated carbocycles. The summed E-state index contributed by atoms with van der Waals surface area (Å²) in [5.74, 6) is -0.478. The lowest BCUT2D eigenvalue weighted by Gasteiger charge is -2.11. The number of hydrogen-bond donors (Lipinski definition) is 2. The fourth-order valence-electron chi connectivity index (χ4n) is 3.61. The molecule has 6 nitrogen and oxygen atoms in total. The number of carbonyl (C=O) groups is 1. The molecule has 3 aromatic carbocycles. The standard InChI is InChI=1S/C24H22ClN3O3S/c25-21-13-4-6-15-23(21)28-32(30,31)19-11-7-10-18(16-19)24(29)27-26-22-14-5-2-9-17-8-1-3-12-20(17)22/h1,3-4,6-8,10-13,15-16,28H,2,5,9,14H2,(H,27,29)/b26-22-. The highest BCUT2D eigenvalue weighted by Gasteiger charge is 2.18.